The highest BCUT2D eigenvalue weighted by Gasteiger charge is 2.16. The molecule has 1 amide bonds. The van der Waals surface area contributed by atoms with E-state index in [9.17, 15) is 4.79 Å². The van der Waals surface area contributed by atoms with Crippen LogP contribution in [0.5, 0.6) is 0 Å². The molecule has 0 atom stereocenters. The van der Waals surface area contributed by atoms with Gasteiger partial charge in [-0.15, -0.1) is 0 Å². The molecule has 0 aromatic heterocycles. The molecule has 0 spiro atoms. The second-order valence-corrected chi connectivity index (χ2v) is 5.25. The van der Waals surface area contributed by atoms with E-state index in [1.807, 2.05) is 45.9 Å². The summed E-state index contributed by atoms with van der Waals surface area (Å²) >= 11 is 4.21. The standard InChI is InChI=1S/C13H19NO2S/c1-9-5-6-10(8-17)7-11(9)14-12(15)16-13(2,3)4/h5-7,17H,8H2,1-4H3,(H,14,15). The lowest BCUT2D eigenvalue weighted by Gasteiger charge is -2.20. The van der Waals surface area contributed by atoms with Gasteiger partial charge in [0.1, 0.15) is 5.60 Å². The molecule has 0 saturated carbocycles. The van der Waals surface area contributed by atoms with Crippen LogP contribution >= 0.6 is 12.6 Å². The van der Waals surface area contributed by atoms with Crippen LogP contribution in [0.25, 0.3) is 0 Å². The highest BCUT2D eigenvalue weighted by molar-refractivity contribution is 7.79. The molecular weight excluding hydrogens is 234 g/mol. The van der Waals surface area contributed by atoms with Crippen molar-refractivity contribution in [2.24, 2.45) is 0 Å². The summed E-state index contributed by atoms with van der Waals surface area (Å²) < 4.78 is 5.20. The van der Waals surface area contributed by atoms with E-state index >= 15 is 0 Å². The number of anilines is 1. The number of benzene rings is 1. The Bertz CT molecular complexity index is 410. The zero-order valence-electron chi connectivity index (χ0n) is 10.7. The molecule has 0 fully saturated rings. The maximum absolute atomic E-state index is 11.6. The topological polar surface area (TPSA) is 38.3 Å². The van der Waals surface area contributed by atoms with E-state index in [0.29, 0.717) is 5.75 Å². The number of amides is 1. The molecule has 0 radical (unpaired) electrons. The first-order chi connectivity index (χ1) is 7.81. The third-order valence-electron chi connectivity index (χ3n) is 2.12. The summed E-state index contributed by atoms with van der Waals surface area (Å²) in [6, 6.07) is 5.85. The SMILES string of the molecule is Cc1ccc(CS)cc1NC(=O)OC(C)(C)C. The summed E-state index contributed by atoms with van der Waals surface area (Å²) in [6.45, 7) is 7.45. The largest absolute Gasteiger partial charge is 0.444 e. The van der Waals surface area contributed by atoms with Crippen molar-refractivity contribution in [3.05, 3.63) is 29.3 Å². The van der Waals surface area contributed by atoms with Gasteiger partial charge in [-0.1, -0.05) is 12.1 Å². The van der Waals surface area contributed by atoms with Crippen molar-refractivity contribution in [1.29, 1.82) is 0 Å². The number of aryl methyl sites for hydroxylation is 1. The molecule has 94 valence electrons. The Kier molecular flexibility index (Phi) is 4.46. The first-order valence-corrected chi connectivity index (χ1v) is 6.15. The molecule has 0 saturated heterocycles. The van der Waals surface area contributed by atoms with Gasteiger partial charge >= 0.3 is 6.09 Å². The zero-order valence-corrected chi connectivity index (χ0v) is 11.6. The van der Waals surface area contributed by atoms with Gasteiger partial charge in [-0.3, -0.25) is 5.32 Å². The molecule has 1 rings (SSSR count). The molecule has 1 aromatic carbocycles. The number of thiol groups is 1. The maximum Gasteiger partial charge on any atom is 0.412 e. The van der Waals surface area contributed by atoms with E-state index in [2.05, 4.69) is 17.9 Å². The van der Waals surface area contributed by atoms with Gasteiger partial charge in [0.25, 0.3) is 0 Å². The van der Waals surface area contributed by atoms with Gasteiger partial charge in [-0.2, -0.15) is 12.6 Å². The summed E-state index contributed by atoms with van der Waals surface area (Å²) in [6.07, 6.45) is -0.433. The molecule has 17 heavy (non-hydrogen) atoms. The lowest BCUT2D eigenvalue weighted by Crippen LogP contribution is -2.27. The van der Waals surface area contributed by atoms with Gasteiger partial charge in [0.15, 0.2) is 0 Å². The minimum Gasteiger partial charge on any atom is -0.444 e. The van der Waals surface area contributed by atoms with Crippen LogP contribution in [0.4, 0.5) is 10.5 Å². The summed E-state index contributed by atoms with van der Waals surface area (Å²) in [4.78, 5) is 11.6. The van der Waals surface area contributed by atoms with Crippen LogP contribution in [0.2, 0.25) is 0 Å². The number of ether oxygens (including phenoxy) is 1. The lowest BCUT2D eigenvalue weighted by molar-refractivity contribution is 0.0636. The fourth-order valence-electron chi connectivity index (χ4n) is 1.32. The molecule has 4 heteroatoms. The Labute approximate surface area is 108 Å². The van der Waals surface area contributed by atoms with Gasteiger partial charge in [0.05, 0.1) is 0 Å². The van der Waals surface area contributed by atoms with E-state index in [1.54, 1.807) is 0 Å². The predicted octanol–water partition coefficient (Wildman–Crippen LogP) is 3.77. The molecule has 1 aromatic rings. The Hall–Kier alpha value is -1.16. The fourth-order valence-corrected chi connectivity index (χ4v) is 1.51. The van der Waals surface area contributed by atoms with Gasteiger partial charge in [-0.05, 0) is 44.9 Å². The van der Waals surface area contributed by atoms with Crippen molar-refractivity contribution in [2.45, 2.75) is 39.0 Å². The third kappa shape index (κ3) is 4.69. The molecule has 0 aliphatic rings. The summed E-state index contributed by atoms with van der Waals surface area (Å²) in [7, 11) is 0. The molecule has 0 unspecified atom stereocenters. The number of carbonyl (C=O) groups excluding carboxylic acids is 1. The number of carbonyl (C=O) groups is 1. The highest BCUT2D eigenvalue weighted by Crippen LogP contribution is 2.19. The summed E-state index contributed by atoms with van der Waals surface area (Å²) in [5.41, 5.74) is 2.34. The highest BCUT2D eigenvalue weighted by atomic mass is 32.1. The van der Waals surface area contributed by atoms with Crippen LogP contribution in [0.15, 0.2) is 18.2 Å². The Morgan fingerprint density at radius 3 is 2.59 bits per heavy atom. The number of hydrogen-bond acceptors (Lipinski definition) is 3. The van der Waals surface area contributed by atoms with Crippen LogP contribution < -0.4 is 5.32 Å². The van der Waals surface area contributed by atoms with E-state index in [4.69, 9.17) is 4.74 Å². The number of rotatable bonds is 2. The molecule has 0 heterocycles. The normalized spacial score (nSPS) is 11.1. The minimum atomic E-state index is -0.487. The maximum atomic E-state index is 11.6. The molecular formula is C13H19NO2S. The van der Waals surface area contributed by atoms with Crippen LogP contribution in [0.1, 0.15) is 31.9 Å². The quantitative estimate of drug-likeness (QED) is 0.787. The van der Waals surface area contributed by atoms with Crippen molar-refractivity contribution < 1.29 is 9.53 Å². The Balaban J connectivity index is 2.77. The van der Waals surface area contributed by atoms with Crippen LogP contribution in [-0.4, -0.2) is 11.7 Å². The Morgan fingerprint density at radius 2 is 2.06 bits per heavy atom. The van der Waals surface area contributed by atoms with Crippen molar-refractivity contribution >= 4 is 24.4 Å². The number of nitrogens with one attached hydrogen (secondary N) is 1. The predicted molar refractivity (Wildman–Crippen MR) is 73.7 cm³/mol. The summed E-state index contributed by atoms with van der Waals surface area (Å²) in [5.74, 6) is 0.642. The van der Waals surface area contributed by atoms with Crippen LogP contribution in [0, 0.1) is 6.92 Å². The van der Waals surface area contributed by atoms with E-state index in [1.165, 1.54) is 0 Å². The fraction of sp³-hybridized carbons (Fsp3) is 0.462. The average molecular weight is 253 g/mol. The van der Waals surface area contributed by atoms with Gasteiger partial charge in [-0.25, -0.2) is 4.79 Å². The van der Waals surface area contributed by atoms with Crippen molar-refractivity contribution in [3.63, 3.8) is 0 Å². The van der Waals surface area contributed by atoms with E-state index in [-0.39, 0.29) is 0 Å². The minimum absolute atomic E-state index is 0.433. The van der Waals surface area contributed by atoms with E-state index in [0.717, 1.165) is 16.8 Å². The van der Waals surface area contributed by atoms with Gasteiger partial charge in [0, 0.05) is 11.4 Å². The smallest absolute Gasteiger partial charge is 0.412 e. The average Bonchev–Trinajstić information content (AvgIpc) is 2.18. The second-order valence-electron chi connectivity index (χ2n) is 4.93. The monoisotopic (exact) mass is 253 g/mol. The lowest BCUT2D eigenvalue weighted by atomic mass is 10.1. The third-order valence-corrected chi connectivity index (χ3v) is 2.49. The molecule has 1 N–H and O–H groups in total. The molecule has 0 aliphatic heterocycles. The van der Waals surface area contributed by atoms with Crippen molar-refractivity contribution in [2.75, 3.05) is 5.32 Å². The first kappa shape index (κ1) is 13.9. The van der Waals surface area contributed by atoms with Crippen LogP contribution in [-0.2, 0) is 10.5 Å². The second kappa shape index (κ2) is 5.45. The van der Waals surface area contributed by atoms with Gasteiger partial charge < -0.3 is 4.74 Å². The zero-order chi connectivity index (χ0) is 13.1. The van der Waals surface area contributed by atoms with Crippen molar-refractivity contribution in [1.82, 2.24) is 0 Å². The number of hydrogen-bond donors (Lipinski definition) is 2. The van der Waals surface area contributed by atoms with E-state index < -0.39 is 11.7 Å². The van der Waals surface area contributed by atoms with Crippen LogP contribution in [0.3, 0.4) is 0 Å². The Morgan fingerprint density at radius 1 is 1.41 bits per heavy atom. The van der Waals surface area contributed by atoms with Crippen molar-refractivity contribution in [3.8, 4) is 0 Å². The van der Waals surface area contributed by atoms with Gasteiger partial charge in [0.2, 0.25) is 0 Å². The molecule has 3 nitrogen and oxygen atoms in total. The molecule has 0 bridgehead atoms. The molecule has 0 aliphatic carbocycles. The first-order valence-electron chi connectivity index (χ1n) is 5.52. The summed E-state index contributed by atoms with van der Waals surface area (Å²) in [5, 5.41) is 2.75.